The van der Waals surface area contributed by atoms with Crippen molar-refractivity contribution in [3.63, 3.8) is 0 Å². The summed E-state index contributed by atoms with van der Waals surface area (Å²) in [6.45, 7) is 0.392. The maximum absolute atomic E-state index is 11.4. The number of rotatable bonds is 4. The van der Waals surface area contributed by atoms with E-state index in [0.29, 0.717) is 16.6 Å². The van der Waals surface area contributed by atoms with Gasteiger partial charge in [-0.3, -0.25) is 4.79 Å². The molecule has 0 unspecified atom stereocenters. The summed E-state index contributed by atoms with van der Waals surface area (Å²) in [5, 5.41) is 3.89. The molecule has 1 aromatic heterocycles. The minimum absolute atomic E-state index is 0.0272. The number of hydrogen-bond donors (Lipinski definition) is 0. The molecular formula is C11H15ClN2O3S. The Balaban J connectivity index is 1.74. The van der Waals surface area contributed by atoms with Crippen LogP contribution in [-0.2, 0) is 20.9 Å². The number of aromatic nitrogens is 2. The lowest BCUT2D eigenvalue weighted by molar-refractivity contribution is -0.147. The van der Waals surface area contributed by atoms with Crippen LogP contribution in [0.1, 0.15) is 31.4 Å². The Hall–Kier alpha value is -0.720. The fourth-order valence-corrected chi connectivity index (χ4v) is 2.71. The second-order valence-electron chi connectivity index (χ2n) is 4.30. The number of methoxy groups -OCH3 is 1. The van der Waals surface area contributed by atoms with Crippen LogP contribution >= 0.6 is 23.1 Å². The summed E-state index contributed by atoms with van der Waals surface area (Å²) in [7, 11) is 1.43. The molecule has 100 valence electrons. The third-order valence-electron chi connectivity index (χ3n) is 3.17. The average molecular weight is 291 g/mol. The van der Waals surface area contributed by atoms with Crippen molar-refractivity contribution < 1.29 is 14.3 Å². The molecule has 0 amide bonds. The first-order chi connectivity index (χ1) is 8.70. The molecule has 1 fully saturated rings. The molecule has 2 rings (SSSR count). The first-order valence-electron chi connectivity index (χ1n) is 5.87. The van der Waals surface area contributed by atoms with Crippen LogP contribution in [0.4, 0.5) is 0 Å². The van der Waals surface area contributed by atoms with Crippen LogP contribution in [0.2, 0.25) is 4.34 Å². The fraction of sp³-hybridized carbons (Fsp3) is 0.727. The quantitative estimate of drug-likeness (QED) is 0.797. The molecule has 5 nitrogen and oxygen atoms in total. The van der Waals surface area contributed by atoms with E-state index in [2.05, 4.69) is 9.59 Å². The lowest BCUT2D eigenvalue weighted by Crippen LogP contribution is -2.26. The molecule has 1 aliphatic rings. The van der Waals surface area contributed by atoms with Crippen LogP contribution in [0, 0.1) is 5.92 Å². The van der Waals surface area contributed by atoms with E-state index in [1.54, 1.807) is 0 Å². The summed E-state index contributed by atoms with van der Waals surface area (Å²) in [4.78, 5) is 11.4. The Morgan fingerprint density at radius 1 is 1.44 bits per heavy atom. The largest absolute Gasteiger partial charge is 0.469 e. The maximum atomic E-state index is 11.4. The lowest BCUT2D eigenvalue weighted by atomic mass is 9.87. The van der Waals surface area contributed by atoms with Crippen molar-refractivity contribution in [2.24, 2.45) is 5.92 Å². The van der Waals surface area contributed by atoms with Gasteiger partial charge in [0.2, 0.25) is 0 Å². The normalized spacial score (nSPS) is 23.9. The number of halogens is 1. The Morgan fingerprint density at radius 2 is 2.17 bits per heavy atom. The van der Waals surface area contributed by atoms with Gasteiger partial charge in [-0.1, -0.05) is 16.1 Å². The highest BCUT2D eigenvalue weighted by atomic mass is 35.5. The highest BCUT2D eigenvalue weighted by Gasteiger charge is 2.27. The van der Waals surface area contributed by atoms with Crippen molar-refractivity contribution in [2.45, 2.75) is 38.4 Å². The SMILES string of the molecule is COC(=O)C1CCC(OCc2nnsc2Cl)CC1. The van der Waals surface area contributed by atoms with Gasteiger partial charge in [-0.2, -0.15) is 0 Å². The zero-order valence-corrected chi connectivity index (χ0v) is 11.7. The van der Waals surface area contributed by atoms with Crippen LogP contribution in [0.15, 0.2) is 0 Å². The van der Waals surface area contributed by atoms with Crippen molar-refractivity contribution in [2.75, 3.05) is 7.11 Å². The highest BCUT2D eigenvalue weighted by molar-refractivity contribution is 7.10. The van der Waals surface area contributed by atoms with Gasteiger partial charge >= 0.3 is 5.97 Å². The van der Waals surface area contributed by atoms with E-state index in [0.717, 1.165) is 37.2 Å². The highest BCUT2D eigenvalue weighted by Crippen LogP contribution is 2.28. The summed E-state index contributed by atoms with van der Waals surface area (Å²) in [6, 6.07) is 0. The van der Waals surface area contributed by atoms with Gasteiger partial charge < -0.3 is 9.47 Å². The van der Waals surface area contributed by atoms with Crippen molar-refractivity contribution >= 4 is 29.1 Å². The second kappa shape index (κ2) is 6.45. The van der Waals surface area contributed by atoms with Crippen LogP contribution in [0.3, 0.4) is 0 Å². The van der Waals surface area contributed by atoms with E-state index in [-0.39, 0.29) is 18.0 Å². The molecule has 0 bridgehead atoms. The van der Waals surface area contributed by atoms with E-state index in [4.69, 9.17) is 21.1 Å². The standard InChI is InChI=1S/C11H15ClN2O3S/c1-16-11(15)7-2-4-8(5-3-7)17-6-9-10(12)18-14-13-9/h7-8H,2-6H2,1H3. The minimum atomic E-state index is -0.111. The Kier molecular flexibility index (Phi) is 4.91. The summed E-state index contributed by atoms with van der Waals surface area (Å²) < 4.78 is 14.8. The number of esters is 1. The van der Waals surface area contributed by atoms with E-state index in [9.17, 15) is 4.79 Å². The molecule has 7 heteroatoms. The van der Waals surface area contributed by atoms with Gasteiger partial charge in [-0.15, -0.1) is 5.10 Å². The first-order valence-corrected chi connectivity index (χ1v) is 7.02. The number of ether oxygens (including phenoxy) is 2. The van der Waals surface area contributed by atoms with Crippen LogP contribution in [0.5, 0.6) is 0 Å². The van der Waals surface area contributed by atoms with Crippen LogP contribution < -0.4 is 0 Å². The lowest BCUT2D eigenvalue weighted by Gasteiger charge is -2.26. The zero-order chi connectivity index (χ0) is 13.0. The van der Waals surface area contributed by atoms with Gasteiger partial charge in [-0.05, 0) is 25.7 Å². The molecule has 0 radical (unpaired) electrons. The molecule has 1 aliphatic carbocycles. The van der Waals surface area contributed by atoms with Gasteiger partial charge in [0.05, 0.1) is 25.7 Å². The van der Waals surface area contributed by atoms with Gasteiger partial charge in [0.1, 0.15) is 10.0 Å². The number of nitrogens with zero attached hydrogens (tertiary/aromatic N) is 2. The van der Waals surface area contributed by atoms with E-state index in [1.165, 1.54) is 7.11 Å². The van der Waals surface area contributed by atoms with Crippen molar-refractivity contribution in [1.82, 2.24) is 9.59 Å². The topological polar surface area (TPSA) is 61.3 Å². The second-order valence-corrected chi connectivity index (χ2v) is 5.66. The van der Waals surface area contributed by atoms with E-state index < -0.39 is 0 Å². The molecule has 0 aromatic carbocycles. The van der Waals surface area contributed by atoms with Gasteiger partial charge in [0, 0.05) is 11.5 Å². The molecule has 1 aromatic rings. The average Bonchev–Trinajstić information content (AvgIpc) is 2.81. The Labute approximate surface area is 115 Å². The Morgan fingerprint density at radius 3 is 2.72 bits per heavy atom. The molecule has 0 atom stereocenters. The fourth-order valence-electron chi connectivity index (χ4n) is 2.11. The van der Waals surface area contributed by atoms with Crippen molar-refractivity contribution in [3.05, 3.63) is 10.0 Å². The molecular weight excluding hydrogens is 276 g/mol. The van der Waals surface area contributed by atoms with Crippen LogP contribution in [-0.4, -0.2) is 28.8 Å². The zero-order valence-electron chi connectivity index (χ0n) is 10.1. The van der Waals surface area contributed by atoms with Crippen molar-refractivity contribution in [1.29, 1.82) is 0 Å². The van der Waals surface area contributed by atoms with Gasteiger partial charge in [0.25, 0.3) is 0 Å². The monoisotopic (exact) mass is 290 g/mol. The maximum Gasteiger partial charge on any atom is 0.308 e. The van der Waals surface area contributed by atoms with E-state index >= 15 is 0 Å². The van der Waals surface area contributed by atoms with Gasteiger partial charge in [0.15, 0.2) is 0 Å². The predicted molar refractivity (Wildman–Crippen MR) is 67.5 cm³/mol. The van der Waals surface area contributed by atoms with Crippen LogP contribution in [0.25, 0.3) is 0 Å². The number of carbonyl (C=O) groups is 1. The van der Waals surface area contributed by atoms with Crippen molar-refractivity contribution in [3.8, 4) is 0 Å². The van der Waals surface area contributed by atoms with Gasteiger partial charge in [-0.25, -0.2) is 0 Å². The summed E-state index contributed by atoms with van der Waals surface area (Å²) in [5.41, 5.74) is 0.691. The third-order valence-corrected chi connectivity index (χ3v) is 4.16. The Bertz CT molecular complexity index is 405. The first kappa shape index (κ1) is 13.7. The molecule has 0 spiro atoms. The summed E-state index contributed by atoms with van der Waals surface area (Å²) >= 11 is 7.05. The summed E-state index contributed by atoms with van der Waals surface area (Å²) in [6.07, 6.45) is 3.55. The molecule has 18 heavy (non-hydrogen) atoms. The molecule has 0 N–H and O–H groups in total. The molecule has 1 heterocycles. The summed E-state index contributed by atoms with van der Waals surface area (Å²) in [5.74, 6) is -0.0837. The molecule has 0 saturated heterocycles. The number of hydrogen-bond acceptors (Lipinski definition) is 6. The predicted octanol–water partition coefficient (Wildman–Crippen LogP) is 2.44. The molecule has 0 aliphatic heterocycles. The smallest absolute Gasteiger partial charge is 0.308 e. The molecule has 1 saturated carbocycles. The third kappa shape index (κ3) is 3.40. The van der Waals surface area contributed by atoms with E-state index in [1.807, 2.05) is 0 Å². The number of carbonyl (C=O) groups excluding carboxylic acids is 1. The minimum Gasteiger partial charge on any atom is -0.469 e.